The van der Waals surface area contributed by atoms with E-state index in [-0.39, 0.29) is 16.9 Å². The molecular formula is C15H19ClF2N6. The molecular weight excluding hydrogens is 338 g/mol. The van der Waals surface area contributed by atoms with Gasteiger partial charge in [-0.05, 0) is 36.8 Å². The first-order valence-corrected chi connectivity index (χ1v) is 7.99. The third kappa shape index (κ3) is 5.54. The van der Waals surface area contributed by atoms with Crippen LogP contribution in [0.15, 0.2) is 18.2 Å². The van der Waals surface area contributed by atoms with Crippen LogP contribution in [-0.4, -0.2) is 46.0 Å². The van der Waals surface area contributed by atoms with Gasteiger partial charge in [0.15, 0.2) is 0 Å². The number of hydrogen-bond donors (Lipinski definition) is 2. The molecule has 0 spiro atoms. The van der Waals surface area contributed by atoms with Crippen molar-refractivity contribution in [2.24, 2.45) is 0 Å². The number of rotatable bonds is 8. The van der Waals surface area contributed by atoms with Crippen molar-refractivity contribution < 1.29 is 8.78 Å². The number of nitrogens with one attached hydrogen (secondary N) is 2. The second-order valence-electron chi connectivity index (χ2n) is 4.99. The molecule has 1 aromatic heterocycles. The second-order valence-corrected chi connectivity index (χ2v) is 5.33. The van der Waals surface area contributed by atoms with Gasteiger partial charge >= 0.3 is 0 Å². The van der Waals surface area contributed by atoms with Crippen LogP contribution in [0.3, 0.4) is 0 Å². The summed E-state index contributed by atoms with van der Waals surface area (Å²) in [4.78, 5) is 14.3. The van der Waals surface area contributed by atoms with Crippen LogP contribution in [0.1, 0.15) is 13.8 Å². The molecule has 0 radical (unpaired) electrons. The van der Waals surface area contributed by atoms with E-state index >= 15 is 0 Å². The molecule has 130 valence electrons. The molecule has 6 nitrogen and oxygen atoms in total. The normalized spacial score (nSPS) is 10.9. The number of halogens is 3. The maximum atomic E-state index is 13.2. The van der Waals surface area contributed by atoms with Gasteiger partial charge in [0.2, 0.25) is 17.2 Å². The molecule has 0 aliphatic rings. The molecule has 24 heavy (non-hydrogen) atoms. The SMILES string of the molecule is CCN(CC)CCNc1nc(Cl)nc(Nc2cc(F)cc(F)c2)n1. The van der Waals surface area contributed by atoms with Crippen LogP contribution in [0.25, 0.3) is 0 Å². The first-order valence-electron chi connectivity index (χ1n) is 7.61. The lowest BCUT2D eigenvalue weighted by atomic mass is 10.3. The van der Waals surface area contributed by atoms with Gasteiger partial charge in [-0.15, -0.1) is 0 Å². The average molecular weight is 357 g/mol. The first kappa shape index (κ1) is 18.3. The molecule has 1 heterocycles. The highest BCUT2D eigenvalue weighted by Gasteiger charge is 2.08. The molecule has 0 saturated heterocycles. The fourth-order valence-corrected chi connectivity index (χ4v) is 2.27. The molecule has 1 aromatic carbocycles. The van der Waals surface area contributed by atoms with Gasteiger partial charge in [-0.3, -0.25) is 0 Å². The zero-order valence-corrected chi connectivity index (χ0v) is 14.2. The van der Waals surface area contributed by atoms with Gasteiger partial charge in [0.25, 0.3) is 0 Å². The van der Waals surface area contributed by atoms with Gasteiger partial charge in [-0.1, -0.05) is 13.8 Å². The van der Waals surface area contributed by atoms with Crippen molar-refractivity contribution in [3.8, 4) is 0 Å². The van der Waals surface area contributed by atoms with E-state index in [1.54, 1.807) is 0 Å². The van der Waals surface area contributed by atoms with Crippen molar-refractivity contribution in [3.63, 3.8) is 0 Å². The zero-order chi connectivity index (χ0) is 17.5. The monoisotopic (exact) mass is 356 g/mol. The molecule has 9 heteroatoms. The molecule has 0 unspecified atom stereocenters. The minimum absolute atomic E-state index is 0.0188. The Morgan fingerprint density at radius 1 is 1.00 bits per heavy atom. The van der Waals surface area contributed by atoms with Crippen molar-refractivity contribution in [1.82, 2.24) is 19.9 Å². The standard InChI is InChI=1S/C15H19ClF2N6/c1-3-24(4-2)6-5-19-14-21-13(16)22-15(23-14)20-12-8-10(17)7-11(18)9-12/h7-9H,3-6H2,1-2H3,(H2,19,20,21,22,23). The smallest absolute Gasteiger partial charge is 0.233 e. The summed E-state index contributed by atoms with van der Waals surface area (Å²) in [6.45, 7) is 7.54. The fraction of sp³-hybridized carbons (Fsp3) is 0.400. The van der Waals surface area contributed by atoms with E-state index in [1.807, 2.05) is 0 Å². The van der Waals surface area contributed by atoms with E-state index in [0.717, 1.165) is 37.8 Å². The highest BCUT2D eigenvalue weighted by Crippen LogP contribution is 2.18. The average Bonchev–Trinajstić information content (AvgIpc) is 2.50. The summed E-state index contributed by atoms with van der Waals surface area (Å²) in [5.41, 5.74) is 0.184. The molecule has 0 amide bonds. The number of hydrogen-bond acceptors (Lipinski definition) is 6. The van der Waals surface area contributed by atoms with Crippen LogP contribution in [0.4, 0.5) is 26.4 Å². The van der Waals surface area contributed by atoms with Gasteiger partial charge in [-0.25, -0.2) is 8.78 Å². The summed E-state index contributed by atoms with van der Waals surface area (Å²) in [5, 5.41) is 5.75. The van der Waals surface area contributed by atoms with E-state index in [0.29, 0.717) is 12.5 Å². The Morgan fingerprint density at radius 2 is 1.62 bits per heavy atom. The Morgan fingerprint density at radius 3 is 2.25 bits per heavy atom. The summed E-state index contributed by atoms with van der Waals surface area (Å²) in [7, 11) is 0. The maximum absolute atomic E-state index is 13.2. The number of benzene rings is 1. The van der Waals surface area contributed by atoms with Crippen molar-refractivity contribution >= 4 is 29.2 Å². The van der Waals surface area contributed by atoms with Crippen molar-refractivity contribution in [3.05, 3.63) is 35.1 Å². The summed E-state index contributed by atoms with van der Waals surface area (Å²) in [6, 6.07) is 3.05. The lowest BCUT2D eigenvalue weighted by Gasteiger charge is -2.18. The maximum Gasteiger partial charge on any atom is 0.233 e. The van der Waals surface area contributed by atoms with Gasteiger partial charge in [-0.2, -0.15) is 15.0 Å². The topological polar surface area (TPSA) is 66.0 Å². The molecule has 0 aliphatic carbocycles. The Balaban J connectivity index is 2.05. The summed E-state index contributed by atoms with van der Waals surface area (Å²) in [6.07, 6.45) is 0. The summed E-state index contributed by atoms with van der Waals surface area (Å²) < 4.78 is 26.4. The molecule has 0 atom stereocenters. The lowest BCUT2D eigenvalue weighted by molar-refractivity contribution is 0.316. The Kier molecular flexibility index (Phi) is 6.62. The summed E-state index contributed by atoms with van der Waals surface area (Å²) >= 11 is 5.87. The van der Waals surface area contributed by atoms with E-state index in [1.165, 1.54) is 0 Å². The van der Waals surface area contributed by atoms with E-state index in [4.69, 9.17) is 11.6 Å². The van der Waals surface area contributed by atoms with Crippen LogP contribution in [0.5, 0.6) is 0 Å². The Labute approximate surface area is 144 Å². The lowest BCUT2D eigenvalue weighted by Crippen LogP contribution is -2.29. The number of aromatic nitrogens is 3. The largest absolute Gasteiger partial charge is 0.353 e. The summed E-state index contributed by atoms with van der Waals surface area (Å²) in [5.74, 6) is -1.00. The van der Waals surface area contributed by atoms with Crippen molar-refractivity contribution in [2.75, 3.05) is 36.8 Å². The molecule has 2 rings (SSSR count). The number of anilines is 3. The van der Waals surface area contributed by atoms with E-state index in [2.05, 4.69) is 44.3 Å². The molecule has 0 fully saturated rings. The third-order valence-electron chi connectivity index (χ3n) is 3.33. The highest BCUT2D eigenvalue weighted by molar-refractivity contribution is 6.28. The van der Waals surface area contributed by atoms with Crippen LogP contribution >= 0.6 is 11.6 Å². The molecule has 0 saturated carbocycles. The van der Waals surface area contributed by atoms with Crippen LogP contribution in [0, 0.1) is 11.6 Å². The third-order valence-corrected chi connectivity index (χ3v) is 3.50. The van der Waals surface area contributed by atoms with Crippen molar-refractivity contribution in [2.45, 2.75) is 13.8 Å². The number of likely N-dealkylation sites (N-methyl/N-ethyl adjacent to an activating group) is 1. The zero-order valence-electron chi connectivity index (χ0n) is 13.5. The molecule has 0 bridgehead atoms. The molecule has 2 N–H and O–H groups in total. The predicted octanol–water partition coefficient (Wildman–Crippen LogP) is 3.30. The van der Waals surface area contributed by atoms with E-state index in [9.17, 15) is 8.78 Å². The molecule has 0 aliphatic heterocycles. The second kappa shape index (κ2) is 8.70. The van der Waals surface area contributed by atoms with Crippen LogP contribution < -0.4 is 10.6 Å². The van der Waals surface area contributed by atoms with Crippen LogP contribution in [0.2, 0.25) is 5.28 Å². The van der Waals surface area contributed by atoms with E-state index < -0.39 is 11.6 Å². The highest BCUT2D eigenvalue weighted by atomic mass is 35.5. The molecule has 2 aromatic rings. The minimum atomic E-state index is -0.699. The predicted molar refractivity (Wildman–Crippen MR) is 90.8 cm³/mol. The van der Waals surface area contributed by atoms with Gasteiger partial charge in [0.1, 0.15) is 11.6 Å². The van der Waals surface area contributed by atoms with Gasteiger partial charge in [0, 0.05) is 24.8 Å². The number of nitrogens with zero attached hydrogens (tertiary/aromatic N) is 4. The quantitative estimate of drug-likeness (QED) is 0.756. The van der Waals surface area contributed by atoms with Gasteiger partial charge < -0.3 is 15.5 Å². The Hall–Kier alpha value is -2.06. The van der Waals surface area contributed by atoms with Crippen LogP contribution in [-0.2, 0) is 0 Å². The Bertz CT molecular complexity index is 661. The van der Waals surface area contributed by atoms with Crippen molar-refractivity contribution in [1.29, 1.82) is 0 Å². The fourth-order valence-electron chi connectivity index (χ4n) is 2.11. The first-order chi connectivity index (χ1) is 11.5. The van der Waals surface area contributed by atoms with Gasteiger partial charge in [0.05, 0.1) is 0 Å². The minimum Gasteiger partial charge on any atom is -0.353 e.